The van der Waals surface area contributed by atoms with Crippen LogP contribution < -0.4 is 10.1 Å². The fourth-order valence-corrected chi connectivity index (χ4v) is 3.01. The summed E-state index contributed by atoms with van der Waals surface area (Å²) >= 11 is 0. The number of esters is 1. The molecule has 0 radical (unpaired) electrons. The maximum Gasteiger partial charge on any atom is 0.347 e. The molecule has 8 nitrogen and oxygen atoms in total. The Bertz CT molecular complexity index is 1150. The van der Waals surface area contributed by atoms with E-state index < -0.39 is 5.97 Å². The number of hydrogen-bond donors (Lipinski definition) is 2. The highest BCUT2D eigenvalue weighted by Gasteiger charge is 2.27. The molecule has 0 saturated heterocycles. The number of nitrogens with one attached hydrogen (secondary N) is 1. The third-order valence-corrected chi connectivity index (χ3v) is 4.45. The fraction of sp³-hybridized carbons (Fsp3) is 0.136. The van der Waals surface area contributed by atoms with E-state index in [0.29, 0.717) is 22.8 Å². The first kappa shape index (κ1) is 19.3. The average Bonchev–Trinajstić information content (AvgIpc) is 3.30. The lowest BCUT2D eigenvalue weighted by atomic mass is 10.1. The van der Waals surface area contributed by atoms with E-state index in [0.717, 1.165) is 5.56 Å². The summed E-state index contributed by atoms with van der Waals surface area (Å²) in [7, 11) is 1.58. The zero-order valence-corrected chi connectivity index (χ0v) is 16.4. The van der Waals surface area contributed by atoms with Crippen LogP contribution in [0.4, 0.5) is 17.4 Å². The van der Waals surface area contributed by atoms with Gasteiger partial charge >= 0.3 is 5.97 Å². The molecule has 4 rings (SSSR count). The van der Waals surface area contributed by atoms with Gasteiger partial charge in [0.1, 0.15) is 5.75 Å². The minimum atomic E-state index is -0.693. The number of aromatic nitrogens is 1. The molecule has 30 heavy (non-hydrogen) atoms. The van der Waals surface area contributed by atoms with Gasteiger partial charge in [0.15, 0.2) is 22.9 Å². The molecule has 8 heteroatoms. The summed E-state index contributed by atoms with van der Waals surface area (Å²) in [5.74, 6) is 0.435. The van der Waals surface area contributed by atoms with Crippen LogP contribution in [0.1, 0.15) is 28.6 Å². The fourth-order valence-electron chi connectivity index (χ4n) is 3.01. The lowest BCUT2D eigenvalue weighted by Crippen LogP contribution is -2.06. The second kappa shape index (κ2) is 8.12. The Morgan fingerprint density at radius 3 is 2.80 bits per heavy atom. The Morgan fingerprint density at radius 1 is 1.27 bits per heavy atom. The number of carbonyl (C=O) groups is 1. The minimum Gasteiger partial charge on any atom is -0.504 e. The lowest BCUT2D eigenvalue weighted by Gasteiger charge is -2.07. The van der Waals surface area contributed by atoms with E-state index in [-0.39, 0.29) is 29.6 Å². The van der Waals surface area contributed by atoms with Gasteiger partial charge in [-0.25, -0.2) is 14.8 Å². The maximum atomic E-state index is 12.5. The number of carbonyl (C=O) groups excluding carboxylic acids is 1. The molecule has 0 fully saturated rings. The van der Waals surface area contributed by atoms with Crippen LogP contribution in [0, 0.1) is 0 Å². The van der Waals surface area contributed by atoms with Crippen molar-refractivity contribution in [3.63, 3.8) is 0 Å². The Labute approximate surface area is 172 Å². The molecular weight excluding hydrogens is 386 g/mol. The Balaban J connectivity index is 1.73. The highest BCUT2D eigenvalue weighted by atomic mass is 16.5. The molecule has 1 aliphatic heterocycles. The maximum absolute atomic E-state index is 12.5. The molecule has 3 aromatic rings. The molecule has 0 atom stereocenters. The summed E-state index contributed by atoms with van der Waals surface area (Å²) in [6.45, 7) is 1.85. The molecule has 0 amide bonds. The van der Waals surface area contributed by atoms with E-state index in [1.165, 1.54) is 0 Å². The van der Waals surface area contributed by atoms with Crippen molar-refractivity contribution >= 4 is 41.2 Å². The van der Waals surface area contributed by atoms with Gasteiger partial charge in [-0.2, -0.15) is 0 Å². The lowest BCUT2D eigenvalue weighted by molar-refractivity contribution is 0.0524. The molecule has 152 valence electrons. The van der Waals surface area contributed by atoms with Crippen molar-refractivity contribution in [1.29, 1.82) is 0 Å². The van der Waals surface area contributed by atoms with Crippen molar-refractivity contribution in [2.45, 2.75) is 6.92 Å². The van der Waals surface area contributed by atoms with E-state index in [4.69, 9.17) is 13.9 Å². The highest BCUT2D eigenvalue weighted by molar-refractivity contribution is 6.21. The summed E-state index contributed by atoms with van der Waals surface area (Å²) in [5, 5.41) is 13.7. The third-order valence-electron chi connectivity index (χ3n) is 4.45. The molecule has 2 aromatic heterocycles. The quantitative estimate of drug-likeness (QED) is 0.579. The van der Waals surface area contributed by atoms with Crippen LogP contribution in [0.5, 0.6) is 11.5 Å². The van der Waals surface area contributed by atoms with Crippen molar-refractivity contribution < 1.29 is 23.8 Å². The SMILES string of the molecule is CCOC(=O)c1c(Nc2ccc(OC)cc2)oc(C=C2C=Nc3ncccc32)c1O. The minimum absolute atomic E-state index is 0.0734. The molecule has 1 aliphatic rings. The normalized spacial score (nSPS) is 13.3. The van der Waals surface area contributed by atoms with Crippen molar-refractivity contribution in [2.24, 2.45) is 4.99 Å². The summed E-state index contributed by atoms with van der Waals surface area (Å²) in [4.78, 5) is 20.9. The standard InChI is InChI=1S/C22H19N3O5/c1-3-29-22(27)18-19(26)17(11-13-12-24-20-16(13)5-4-10-23-20)30-21(18)25-14-6-8-15(28-2)9-7-14/h4-12,25-26H,3H2,1-2H3. The number of hydrogen-bond acceptors (Lipinski definition) is 8. The molecule has 0 unspecified atom stereocenters. The Kier molecular flexibility index (Phi) is 5.21. The van der Waals surface area contributed by atoms with E-state index >= 15 is 0 Å². The first-order chi connectivity index (χ1) is 14.6. The van der Waals surface area contributed by atoms with Crippen LogP contribution in [-0.4, -0.2) is 36.0 Å². The van der Waals surface area contributed by atoms with Gasteiger partial charge < -0.3 is 24.3 Å². The second-order valence-corrected chi connectivity index (χ2v) is 6.33. The van der Waals surface area contributed by atoms with E-state index in [1.54, 1.807) is 62.9 Å². The monoisotopic (exact) mass is 405 g/mol. The molecule has 2 N–H and O–H groups in total. The average molecular weight is 405 g/mol. The second-order valence-electron chi connectivity index (χ2n) is 6.33. The van der Waals surface area contributed by atoms with Crippen LogP contribution in [0.25, 0.3) is 11.6 Å². The smallest absolute Gasteiger partial charge is 0.347 e. The van der Waals surface area contributed by atoms with Crippen LogP contribution in [0.3, 0.4) is 0 Å². The molecular formula is C22H19N3O5. The van der Waals surface area contributed by atoms with Gasteiger partial charge in [0.25, 0.3) is 0 Å². The number of rotatable bonds is 6. The van der Waals surface area contributed by atoms with Crippen LogP contribution in [0.2, 0.25) is 0 Å². The van der Waals surface area contributed by atoms with Crippen molar-refractivity contribution in [3.05, 3.63) is 59.5 Å². The van der Waals surface area contributed by atoms with Gasteiger partial charge in [-0.3, -0.25) is 0 Å². The van der Waals surface area contributed by atoms with Crippen LogP contribution in [0.15, 0.2) is 52.0 Å². The first-order valence-corrected chi connectivity index (χ1v) is 9.25. The number of anilines is 2. The van der Waals surface area contributed by atoms with Crippen molar-refractivity contribution in [1.82, 2.24) is 4.98 Å². The van der Waals surface area contributed by atoms with Gasteiger partial charge in [-0.1, -0.05) is 0 Å². The number of ether oxygens (including phenoxy) is 2. The van der Waals surface area contributed by atoms with Gasteiger partial charge in [-0.05, 0) is 49.4 Å². The van der Waals surface area contributed by atoms with Gasteiger partial charge in [0, 0.05) is 29.2 Å². The summed E-state index contributed by atoms with van der Waals surface area (Å²) in [5.41, 5.74) is 2.07. The predicted octanol–water partition coefficient (Wildman–Crippen LogP) is 4.57. The first-order valence-electron chi connectivity index (χ1n) is 9.25. The summed E-state index contributed by atoms with van der Waals surface area (Å²) in [6, 6.07) is 10.7. The molecule has 0 spiro atoms. The van der Waals surface area contributed by atoms with Gasteiger partial charge in [0.05, 0.1) is 13.7 Å². The number of methoxy groups -OCH3 is 1. The highest BCUT2D eigenvalue weighted by Crippen LogP contribution is 2.39. The number of aromatic hydroxyl groups is 1. The number of pyridine rings is 1. The zero-order valence-electron chi connectivity index (χ0n) is 16.4. The summed E-state index contributed by atoms with van der Waals surface area (Å²) < 4.78 is 16.0. The number of fused-ring (bicyclic) bond motifs is 1. The number of nitrogens with zero attached hydrogens (tertiary/aromatic N) is 2. The topological polar surface area (TPSA) is 106 Å². The van der Waals surface area contributed by atoms with Crippen LogP contribution >= 0.6 is 0 Å². The molecule has 0 bridgehead atoms. The number of allylic oxidation sites excluding steroid dienone is 1. The van der Waals surface area contributed by atoms with E-state index in [9.17, 15) is 9.90 Å². The molecule has 0 aliphatic carbocycles. The summed E-state index contributed by atoms with van der Waals surface area (Å²) in [6.07, 6.45) is 4.88. The molecule has 0 saturated carbocycles. The zero-order chi connectivity index (χ0) is 21.1. The third kappa shape index (κ3) is 3.62. The van der Waals surface area contributed by atoms with Crippen LogP contribution in [-0.2, 0) is 4.74 Å². The Morgan fingerprint density at radius 2 is 2.07 bits per heavy atom. The van der Waals surface area contributed by atoms with E-state index in [2.05, 4.69) is 15.3 Å². The number of benzene rings is 1. The number of aliphatic imine (C=N–C) groups is 1. The predicted molar refractivity (Wildman–Crippen MR) is 113 cm³/mol. The van der Waals surface area contributed by atoms with Crippen molar-refractivity contribution in [2.75, 3.05) is 19.0 Å². The Hall–Kier alpha value is -4.07. The van der Waals surface area contributed by atoms with Gasteiger partial charge in [-0.15, -0.1) is 0 Å². The van der Waals surface area contributed by atoms with Gasteiger partial charge in [0.2, 0.25) is 5.88 Å². The molecule has 1 aromatic carbocycles. The molecule has 3 heterocycles. The largest absolute Gasteiger partial charge is 0.504 e. The van der Waals surface area contributed by atoms with Crippen molar-refractivity contribution in [3.8, 4) is 11.5 Å². The number of furan rings is 1. The van der Waals surface area contributed by atoms with E-state index in [1.807, 2.05) is 6.07 Å².